The van der Waals surface area contributed by atoms with Gasteiger partial charge in [0, 0.05) is 23.3 Å². The van der Waals surface area contributed by atoms with Crippen molar-refractivity contribution in [2.24, 2.45) is 11.7 Å². The molecule has 2 rings (SSSR count). The molecule has 1 aliphatic carbocycles. The Hall–Kier alpha value is -0.810. The molecule has 0 aliphatic heterocycles. The van der Waals surface area contributed by atoms with Crippen molar-refractivity contribution in [3.8, 4) is 0 Å². The summed E-state index contributed by atoms with van der Waals surface area (Å²) < 4.78 is 2.96. The molecule has 0 spiro atoms. The second-order valence-corrected chi connectivity index (χ2v) is 6.16. The van der Waals surface area contributed by atoms with Gasteiger partial charge in [0.15, 0.2) is 0 Å². The van der Waals surface area contributed by atoms with E-state index in [9.17, 15) is 4.79 Å². The van der Waals surface area contributed by atoms with Gasteiger partial charge in [0.2, 0.25) is 0 Å². The fourth-order valence-electron chi connectivity index (χ4n) is 2.84. The van der Waals surface area contributed by atoms with Crippen molar-refractivity contribution in [1.29, 1.82) is 0 Å². The Morgan fingerprint density at radius 3 is 3.05 bits per heavy atom. The number of hydrogen-bond acceptors (Lipinski definition) is 2. The summed E-state index contributed by atoms with van der Waals surface area (Å²) in [6.07, 6.45) is 6.31. The fourth-order valence-corrected chi connectivity index (χ4v) is 3.31. The Bertz CT molecular complexity index is 444. The summed E-state index contributed by atoms with van der Waals surface area (Å²) in [5.74, 6) is 0.450. The first-order valence-electron chi connectivity index (χ1n) is 7.02. The maximum Gasteiger partial charge on any atom is 0.268 e. The molecule has 1 aromatic heterocycles. The Morgan fingerprint density at radius 2 is 2.37 bits per heavy atom. The van der Waals surface area contributed by atoms with Gasteiger partial charge >= 0.3 is 0 Å². The van der Waals surface area contributed by atoms with E-state index in [1.807, 2.05) is 16.8 Å². The van der Waals surface area contributed by atoms with Gasteiger partial charge in [-0.2, -0.15) is 0 Å². The van der Waals surface area contributed by atoms with Crippen LogP contribution in [-0.2, 0) is 6.54 Å². The molecule has 1 fully saturated rings. The molecular weight excluding hydrogens is 306 g/mol. The van der Waals surface area contributed by atoms with Crippen LogP contribution in [-0.4, -0.2) is 23.1 Å². The second kappa shape index (κ2) is 6.57. The van der Waals surface area contributed by atoms with E-state index in [1.54, 1.807) is 0 Å². The lowest BCUT2D eigenvalue weighted by atomic mass is 10.0. The molecular formula is C14H22BrN3O. The highest BCUT2D eigenvalue weighted by Crippen LogP contribution is 2.25. The van der Waals surface area contributed by atoms with Gasteiger partial charge in [-0.15, -0.1) is 0 Å². The van der Waals surface area contributed by atoms with Gasteiger partial charge in [0.05, 0.1) is 0 Å². The number of aromatic nitrogens is 1. The average Bonchev–Trinajstić information content (AvgIpc) is 2.96. The van der Waals surface area contributed by atoms with Crippen LogP contribution in [0, 0.1) is 5.92 Å². The molecule has 0 aromatic carbocycles. The summed E-state index contributed by atoms with van der Waals surface area (Å²) in [6, 6.07) is 2.12. The van der Waals surface area contributed by atoms with Gasteiger partial charge in [0.1, 0.15) is 5.69 Å². The number of hydrogen-bond donors (Lipinski definition) is 2. The highest BCUT2D eigenvalue weighted by atomic mass is 79.9. The predicted molar refractivity (Wildman–Crippen MR) is 80.1 cm³/mol. The zero-order valence-corrected chi connectivity index (χ0v) is 12.9. The first-order chi connectivity index (χ1) is 9.15. The molecule has 3 N–H and O–H groups in total. The second-order valence-electron chi connectivity index (χ2n) is 5.24. The van der Waals surface area contributed by atoms with Gasteiger partial charge in [-0.25, -0.2) is 0 Å². The van der Waals surface area contributed by atoms with Crippen LogP contribution in [0.5, 0.6) is 0 Å². The van der Waals surface area contributed by atoms with Gasteiger partial charge < -0.3 is 15.6 Å². The molecule has 2 atom stereocenters. The summed E-state index contributed by atoms with van der Waals surface area (Å²) in [5, 5.41) is 3.15. The van der Waals surface area contributed by atoms with Gasteiger partial charge in [-0.05, 0) is 53.7 Å². The number of nitrogens with one attached hydrogen (secondary N) is 1. The molecule has 1 amide bonds. The van der Waals surface area contributed by atoms with Crippen molar-refractivity contribution in [3.05, 3.63) is 22.4 Å². The molecule has 5 heteroatoms. The molecule has 106 valence electrons. The van der Waals surface area contributed by atoms with Crippen molar-refractivity contribution in [2.45, 2.75) is 45.2 Å². The van der Waals surface area contributed by atoms with Crippen LogP contribution in [0.3, 0.4) is 0 Å². The molecule has 0 radical (unpaired) electrons. The highest BCUT2D eigenvalue weighted by molar-refractivity contribution is 9.10. The van der Waals surface area contributed by atoms with E-state index in [0.717, 1.165) is 42.4 Å². The maximum absolute atomic E-state index is 12.4. The van der Waals surface area contributed by atoms with E-state index in [4.69, 9.17) is 5.73 Å². The van der Waals surface area contributed by atoms with Crippen LogP contribution in [0.2, 0.25) is 0 Å². The number of carbonyl (C=O) groups is 1. The topological polar surface area (TPSA) is 60.0 Å². The van der Waals surface area contributed by atoms with E-state index in [-0.39, 0.29) is 11.9 Å². The predicted octanol–water partition coefficient (Wildman–Crippen LogP) is 2.52. The minimum Gasteiger partial charge on any atom is -0.348 e. The van der Waals surface area contributed by atoms with Crippen LogP contribution in [0.4, 0.5) is 0 Å². The molecule has 19 heavy (non-hydrogen) atoms. The summed E-state index contributed by atoms with van der Waals surface area (Å²) in [4.78, 5) is 12.4. The van der Waals surface area contributed by atoms with E-state index in [1.165, 1.54) is 0 Å². The van der Waals surface area contributed by atoms with Crippen LogP contribution in [0.15, 0.2) is 16.7 Å². The minimum atomic E-state index is 0.0181. The smallest absolute Gasteiger partial charge is 0.268 e. The number of nitrogens with zero attached hydrogens (tertiary/aromatic N) is 1. The van der Waals surface area contributed by atoms with Crippen molar-refractivity contribution >= 4 is 21.8 Å². The number of amides is 1. The van der Waals surface area contributed by atoms with Crippen molar-refractivity contribution in [2.75, 3.05) is 6.54 Å². The SMILES string of the molecule is CCCn1cc(Br)cc1C(=O)NC1CCCC1CN. The molecule has 1 aliphatic rings. The molecule has 4 nitrogen and oxygen atoms in total. The van der Waals surface area contributed by atoms with Gasteiger partial charge in [0.25, 0.3) is 5.91 Å². The van der Waals surface area contributed by atoms with Crippen LogP contribution in [0.25, 0.3) is 0 Å². The monoisotopic (exact) mass is 327 g/mol. The van der Waals surface area contributed by atoms with Crippen LogP contribution >= 0.6 is 15.9 Å². The Morgan fingerprint density at radius 1 is 1.58 bits per heavy atom. The van der Waals surface area contributed by atoms with E-state index in [0.29, 0.717) is 12.5 Å². The first kappa shape index (κ1) is 14.6. The Kier molecular flexibility index (Phi) is 5.05. The summed E-state index contributed by atoms with van der Waals surface area (Å²) in [5.41, 5.74) is 6.49. The first-order valence-corrected chi connectivity index (χ1v) is 7.81. The number of halogens is 1. The number of carbonyl (C=O) groups excluding carboxylic acids is 1. The molecule has 0 bridgehead atoms. The van der Waals surface area contributed by atoms with E-state index in [2.05, 4.69) is 28.2 Å². The molecule has 1 heterocycles. The van der Waals surface area contributed by atoms with E-state index < -0.39 is 0 Å². The normalized spacial score (nSPS) is 22.7. The lowest BCUT2D eigenvalue weighted by Gasteiger charge is -2.19. The summed E-state index contributed by atoms with van der Waals surface area (Å²) >= 11 is 3.44. The summed E-state index contributed by atoms with van der Waals surface area (Å²) in [6.45, 7) is 3.63. The Balaban J connectivity index is 2.07. The van der Waals surface area contributed by atoms with Crippen molar-refractivity contribution < 1.29 is 4.79 Å². The third-order valence-corrected chi connectivity index (χ3v) is 4.27. The average molecular weight is 328 g/mol. The maximum atomic E-state index is 12.4. The standard InChI is InChI=1S/C14H22BrN3O/c1-2-6-18-9-11(15)7-13(18)14(19)17-12-5-3-4-10(12)8-16/h7,9-10,12H,2-6,8,16H2,1H3,(H,17,19). The van der Waals surface area contributed by atoms with Crippen LogP contribution < -0.4 is 11.1 Å². The minimum absolute atomic E-state index is 0.0181. The van der Waals surface area contributed by atoms with Gasteiger partial charge in [-0.3, -0.25) is 4.79 Å². The van der Waals surface area contributed by atoms with Gasteiger partial charge in [-0.1, -0.05) is 13.3 Å². The lowest BCUT2D eigenvalue weighted by Crippen LogP contribution is -2.40. The van der Waals surface area contributed by atoms with Crippen LogP contribution in [0.1, 0.15) is 43.1 Å². The van der Waals surface area contributed by atoms with Crippen molar-refractivity contribution in [1.82, 2.24) is 9.88 Å². The number of nitrogens with two attached hydrogens (primary N) is 1. The Labute approximate surface area is 122 Å². The molecule has 1 saturated carbocycles. The van der Waals surface area contributed by atoms with E-state index >= 15 is 0 Å². The third-order valence-electron chi connectivity index (χ3n) is 3.84. The number of aryl methyl sites for hydroxylation is 1. The quantitative estimate of drug-likeness (QED) is 0.872. The fraction of sp³-hybridized carbons (Fsp3) is 0.643. The largest absolute Gasteiger partial charge is 0.348 e. The summed E-state index contributed by atoms with van der Waals surface area (Å²) in [7, 11) is 0. The molecule has 0 saturated heterocycles. The zero-order valence-electron chi connectivity index (χ0n) is 11.4. The number of rotatable bonds is 5. The molecule has 1 aromatic rings. The highest BCUT2D eigenvalue weighted by Gasteiger charge is 2.28. The molecule has 2 unspecified atom stereocenters. The van der Waals surface area contributed by atoms with Crippen molar-refractivity contribution in [3.63, 3.8) is 0 Å². The zero-order chi connectivity index (χ0) is 13.8. The lowest BCUT2D eigenvalue weighted by molar-refractivity contribution is 0.0919. The third kappa shape index (κ3) is 3.39.